The van der Waals surface area contributed by atoms with Gasteiger partial charge in [0.25, 0.3) is 0 Å². The van der Waals surface area contributed by atoms with E-state index in [9.17, 15) is 9.18 Å². The van der Waals surface area contributed by atoms with Crippen molar-refractivity contribution in [2.45, 2.75) is 23.6 Å². The number of aromatic nitrogens is 1. The molecule has 1 aromatic heterocycles. The minimum atomic E-state index is -1.07. The number of aliphatic imine (C=N–C) groups is 1. The van der Waals surface area contributed by atoms with Crippen molar-refractivity contribution in [1.82, 2.24) is 9.88 Å². The highest BCUT2D eigenvalue weighted by Gasteiger charge is 2.71. The molecule has 10 heteroatoms. The fourth-order valence-electron chi connectivity index (χ4n) is 4.92. The number of pyridine rings is 1. The number of carbonyl (C=O) groups excluding carboxylic acids is 1. The molecule has 2 aliphatic heterocycles. The molecule has 2 aromatic rings. The van der Waals surface area contributed by atoms with Crippen LogP contribution in [0.2, 0.25) is 0 Å². The van der Waals surface area contributed by atoms with E-state index in [2.05, 4.69) is 14.8 Å². The number of ether oxygens (including phenoxy) is 1. The molecule has 2 fully saturated rings. The molecule has 3 heterocycles. The molecule has 3 atom stereocenters. The van der Waals surface area contributed by atoms with Gasteiger partial charge in [0.05, 0.1) is 31.0 Å². The summed E-state index contributed by atoms with van der Waals surface area (Å²) in [5.41, 5.74) is 6.18. The number of benzene rings is 1. The van der Waals surface area contributed by atoms with Crippen LogP contribution in [0.3, 0.4) is 0 Å². The molecule has 1 amide bonds. The fourth-order valence-corrected chi connectivity index (χ4v) is 6.37. The van der Waals surface area contributed by atoms with E-state index in [4.69, 9.17) is 17.0 Å². The summed E-state index contributed by atoms with van der Waals surface area (Å²) in [7, 11) is 0. The Morgan fingerprint density at radius 3 is 2.80 bits per heavy atom. The van der Waals surface area contributed by atoms with Crippen LogP contribution in [0.5, 0.6) is 0 Å². The zero-order valence-electron chi connectivity index (χ0n) is 19.0. The van der Waals surface area contributed by atoms with E-state index in [-0.39, 0.29) is 28.3 Å². The van der Waals surface area contributed by atoms with Gasteiger partial charge in [-0.15, -0.1) is 0 Å². The number of fused-ring (bicyclic) bond motifs is 1. The molecule has 1 saturated carbocycles. The van der Waals surface area contributed by atoms with Crippen LogP contribution in [-0.2, 0) is 15.1 Å². The first-order chi connectivity index (χ1) is 16.8. The second-order valence-corrected chi connectivity index (χ2v) is 10.3. The lowest BCUT2D eigenvalue weighted by atomic mass is 9.84. The largest absolute Gasteiger partial charge is 0.378 e. The summed E-state index contributed by atoms with van der Waals surface area (Å²) >= 11 is 1.25. The Labute approximate surface area is 205 Å². The molecule has 7 nitrogen and oxygen atoms in total. The number of hydrogen-bond donors (Lipinski definition) is 1. The van der Waals surface area contributed by atoms with Crippen molar-refractivity contribution in [2.24, 2.45) is 16.6 Å². The summed E-state index contributed by atoms with van der Waals surface area (Å²) in [4.78, 5) is 27.0. The van der Waals surface area contributed by atoms with E-state index in [0.717, 1.165) is 0 Å². The van der Waals surface area contributed by atoms with Gasteiger partial charge in [0.2, 0.25) is 11.6 Å². The molecular weight excluding hydrogens is 472 g/mol. The number of rotatable bonds is 4. The predicted octanol–water partition coefficient (Wildman–Crippen LogP) is 4.13. The number of thioether (sulfide) groups is 1. The smallest absolute Gasteiger partial charge is 0.239 e. The van der Waals surface area contributed by atoms with Gasteiger partial charge >= 0.3 is 0 Å². The lowest BCUT2D eigenvalue weighted by molar-refractivity contribution is -0.135. The highest BCUT2D eigenvalue weighted by molar-refractivity contribution is 8.15. The Bertz CT molecular complexity index is 1290. The van der Waals surface area contributed by atoms with E-state index < -0.39 is 21.9 Å². The van der Waals surface area contributed by atoms with E-state index >= 15 is 4.39 Å². The average Bonchev–Trinajstić information content (AvgIpc) is 3.62. The lowest BCUT2D eigenvalue weighted by Gasteiger charge is -2.36. The van der Waals surface area contributed by atoms with Crippen molar-refractivity contribution in [1.29, 1.82) is 0 Å². The van der Waals surface area contributed by atoms with Crippen molar-refractivity contribution in [3.05, 3.63) is 70.6 Å². The van der Waals surface area contributed by atoms with Crippen LogP contribution >= 0.6 is 11.8 Å². The molecule has 0 spiro atoms. The molecule has 0 unspecified atom stereocenters. The zero-order chi connectivity index (χ0) is 24.8. The number of amides is 1. The molecule has 35 heavy (non-hydrogen) atoms. The summed E-state index contributed by atoms with van der Waals surface area (Å²) < 4.78 is 34.6. The standard InChI is InChI=1S/C25H23F2N5O2S/c1-24(21-13-25(21,35-23(28)31-24)22(33)32-7-9-34-10-8-32)17-11-15(3-5-18(17)26)12-19(27)20-6-4-16(29-2)14-30-20/h3-6,11-12,14,21H,7-10,13H2,1H3,(H2,28,31)/b19-12-/t21-,24+,25-/m0/s1. The summed E-state index contributed by atoms with van der Waals surface area (Å²) in [6.45, 7) is 10.8. The van der Waals surface area contributed by atoms with Gasteiger partial charge < -0.3 is 15.4 Å². The monoisotopic (exact) mass is 495 g/mol. The third-order valence-electron chi connectivity index (χ3n) is 6.83. The first kappa shape index (κ1) is 23.5. The van der Waals surface area contributed by atoms with Gasteiger partial charge in [-0.2, -0.15) is 0 Å². The molecule has 0 bridgehead atoms. The van der Waals surface area contributed by atoms with E-state index in [1.54, 1.807) is 17.9 Å². The summed E-state index contributed by atoms with van der Waals surface area (Å²) in [5, 5.41) is 0.235. The molecule has 1 aliphatic carbocycles. The van der Waals surface area contributed by atoms with Gasteiger partial charge in [-0.05, 0) is 43.2 Å². The molecule has 5 rings (SSSR count). The molecule has 1 saturated heterocycles. The normalized spacial score (nSPS) is 28.1. The van der Waals surface area contributed by atoms with Crippen molar-refractivity contribution in [3.63, 3.8) is 0 Å². The quantitative estimate of drug-likeness (QED) is 0.645. The summed E-state index contributed by atoms with van der Waals surface area (Å²) in [5.74, 6) is -1.37. The van der Waals surface area contributed by atoms with Crippen LogP contribution in [0.4, 0.5) is 14.5 Å². The van der Waals surface area contributed by atoms with Gasteiger partial charge in [-0.25, -0.2) is 13.6 Å². The van der Waals surface area contributed by atoms with Crippen LogP contribution in [0.1, 0.15) is 30.2 Å². The average molecular weight is 496 g/mol. The van der Waals surface area contributed by atoms with Crippen LogP contribution in [0.25, 0.3) is 16.7 Å². The SMILES string of the molecule is [C-]#[N+]c1ccc(/C(F)=C/c2ccc(F)c([C@@]3(C)N=C(N)S[C@@]4(C(=O)N5CCOCC5)C[C@H]43)c2)nc1. The van der Waals surface area contributed by atoms with Crippen molar-refractivity contribution < 1.29 is 18.3 Å². The summed E-state index contributed by atoms with van der Waals surface area (Å²) in [6.07, 6.45) is 3.08. The highest BCUT2D eigenvalue weighted by Crippen LogP contribution is 2.66. The highest BCUT2D eigenvalue weighted by atomic mass is 32.2. The Kier molecular flexibility index (Phi) is 5.85. The number of hydrogen-bond acceptors (Lipinski definition) is 6. The van der Waals surface area contributed by atoms with Gasteiger partial charge in [0.15, 0.2) is 5.17 Å². The Morgan fingerprint density at radius 2 is 2.11 bits per heavy atom. The topological polar surface area (TPSA) is 85.2 Å². The Morgan fingerprint density at radius 1 is 1.34 bits per heavy atom. The number of morpholine rings is 1. The molecule has 0 radical (unpaired) electrons. The van der Waals surface area contributed by atoms with Gasteiger partial charge in [0, 0.05) is 30.8 Å². The zero-order valence-corrected chi connectivity index (χ0v) is 19.8. The predicted molar refractivity (Wildman–Crippen MR) is 131 cm³/mol. The second-order valence-electron chi connectivity index (χ2n) is 9.00. The number of carbonyl (C=O) groups is 1. The number of halogens is 2. The van der Waals surface area contributed by atoms with Gasteiger partial charge in [0.1, 0.15) is 16.4 Å². The van der Waals surface area contributed by atoms with Crippen molar-refractivity contribution >= 4 is 40.4 Å². The second kappa shape index (κ2) is 8.73. The Hall–Kier alpha value is -3.29. The maximum absolute atomic E-state index is 15.2. The minimum absolute atomic E-state index is 0.0173. The number of nitrogens with zero attached hydrogens (tertiary/aromatic N) is 4. The third kappa shape index (κ3) is 4.09. The third-order valence-corrected chi connectivity index (χ3v) is 8.12. The molecule has 180 valence electrons. The first-order valence-corrected chi connectivity index (χ1v) is 12.0. The van der Waals surface area contributed by atoms with E-state index in [0.29, 0.717) is 44.0 Å². The lowest BCUT2D eigenvalue weighted by Crippen LogP contribution is -2.49. The first-order valence-electron chi connectivity index (χ1n) is 11.2. The van der Waals surface area contributed by atoms with Gasteiger partial charge in [-0.1, -0.05) is 23.9 Å². The fraction of sp³-hybridized carbons (Fsp3) is 0.360. The maximum Gasteiger partial charge on any atom is 0.239 e. The van der Waals surface area contributed by atoms with Crippen LogP contribution in [-0.4, -0.2) is 52.0 Å². The minimum Gasteiger partial charge on any atom is -0.378 e. The molecule has 1 aromatic carbocycles. The van der Waals surface area contributed by atoms with Crippen LogP contribution in [0, 0.1) is 18.3 Å². The molecule has 2 N–H and O–H groups in total. The number of nitrogens with two attached hydrogens (primary N) is 1. The van der Waals surface area contributed by atoms with Crippen molar-refractivity contribution in [3.8, 4) is 0 Å². The molecular formula is C25H23F2N5O2S. The van der Waals surface area contributed by atoms with Crippen LogP contribution in [0.15, 0.2) is 41.5 Å². The summed E-state index contributed by atoms with van der Waals surface area (Å²) in [6, 6.07) is 7.20. The molecule has 3 aliphatic rings. The van der Waals surface area contributed by atoms with Crippen LogP contribution < -0.4 is 5.73 Å². The van der Waals surface area contributed by atoms with Gasteiger partial charge in [-0.3, -0.25) is 14.8 Å². The number of amidine groups is 1. The maximum atomic E-state index is 15.2. The van der Waals surface area contributed by atoms with E-state index in [1.807, 2.05) is 0 Å². The Balaban J connectivity index is 1.47. The van der Waals surface area contributed by atoms with E-state index in [1.165, 1.54) is 48.3 Å². The van der Waals surface area contributed by atoms with Crippen molar-refractivity contribution in [2.75, 3.05) is 26.3 Å².